The number of hydrogen-bond donors (Lipinski definition) is 2. The summed E-state index contributed by atoms with van der Waals surface area (Å²) < 4.78 is 22.2. The van der Waals surface area contributed by atoms with E-state index in [9.17, 15) is 14.4 Å². The molecule has 0 unspecified atom stereocenters. The molecule has 1 amide bonds. The van der Waals surface area contributed by atoms with Crippen molar-refractivity contribution in [3.63, 3.8) is 0 Å². The molecular formula is C35H38N2O7. The number of benzene rings is 4. The molecule has 4 aromatic rings. The maximum absolute atomic E-state index is 13.0. The summed E-state index contributed by atoms with van der Waals surface area (Å²) in [5, 5.41) is 6.34. The van der Waals surface area contributed by atoms with Crippen molar-refractivity contribution in [1.82, 2.24) is 0 Å². The van der Waals surface area contributed by atoms with Crippen molar-refractivity contribution in [2.75, 3.05) is 31.5 Å². The number of carbonyl (C=O) groups is 3. The van der Waals surface area contributed by atoms with E-state index in [0.717, 1.165) is 22.4 Å². The monoisotopic (exact) mass is 598 g/mol. The van der Waals surface area contributed by atoms with Crippen molar-refractivity contribution in [3.05, 3.63) is 101 Å². The van der Waals surface area contributed by atoms with E-state index < -0.39 is 17.5 Å². The zero-order valence-electron chi connectivity index (χ0n) is 25.3. The summed E-state index contributed by atoms with van der Waals surface area (Å²) >= 11 is 0. The highest BCUT2D eigenvalue weighted by Crippen LogP contribution is 2.43. The fraction of sp³-hybridized carbons (Fsp3) is 0.229. The van der Waals surface area contributed by atoms with Crippen molar-refractivity contribution >= 4 is 29.2 Å². The lowest BCUT2D eigenvalue weighted by molar-refractivity contribution is -0.119. The molecule has 4 aromatic carbocycles. The molecule has 1 aliphatic rings. The van der Waals surface area contributed by atoms with E-state index >= 15 is 0 Å². The fourth-order valence-corrected chi connectivity index (χ4v) is 5.05. The Morgan fingerprint density at radius 2 is 1.55 bits per heavy atom. The summed E-state index contributed by atoms with van der Waals surface area (Å²) in [4.78, 5) is 38.6. The molecule has 2 N–H and O–H groups in total. The Balaban J connectivity index is 0.00000288. The Morgan fingerprint density at radius 3 is 2.25 bits per heavy atom. The van der Waals surface area contributed by atoms with Gasteiger partial charge in [-0.15, -0.1) is 0 Å². The van der Waals surface area contributed by atoms with Crippen molar-refractivity contribution in [3.8, 4) is 28.4 Å². The van der Waals surface area contributed by atoms with Gasteiger partial charge < -0.3 is 29.6 Å². The number of nitrogens with one attached hydrogen (secondary N) is 2. The zero-order chi connectivity index (χ0) is 31.4. The number of ether oxygens (including phenoxy) is 4. The largest absolute Gasteiger partial charge is 0.497 e. The third-order valence-corrected chi connectivity index (χ3v) is 7.52. The highest BCUT2D eigenvalue weighted by atomic mass is 16.5. The first-order chi connectivity index (χ1) is 21.1. The van der Waals surface area contributed by atoms with Gasteiger partial charge in [0, 0.05) is 20.9 Å². The predicted octanol–water partition coefficient (Wildman–Crippen LogP) is 6.93. The summed E-state index contributed by atoms with van der Waals surface area (Å²) in [7, 11) is 3.09. The van der Waals surface area contributed by atoms with Crippen LogP contribution in [-0.4, -0.2) is 44.2 Å². The SMILES string of the molecule is COc1ccc(C(=O)OCCc2c(-c3ccc(OC(=O)c4ccccc4C)cc3OC)ccc3c2NC(=O)C(C)(C)N3)cc1.[HH].[HH]. The molecule has 9 heteroatoms. The molecule has 0 atom stereocenters. The van der Waals surface area contributed by atoms with Crippen LogP contribution in [0.3, 0.4) is 0 Å². The topological polar surface area (TPSA) is 112 Å². The maximum atomic E-state index is 13.0. The second kappa shape index (κ2) is 12.5. The predicted molar refractivity (Wildman–Crippen MR) is 172 cm³/mol. The highest BCUT2D eigenvalue weighted by Gasteiger charge is 2.34. The van der Waals surface area contributed by atoms with Crippen LogP contribution in [0.5, 0.6) is 17.2 Å². The van der Waals surface area contributed by atoms with Gasteiger partial charge in [-0.2, -0.15) is 0 Å². The number of hydrogen-bond acceptors (Lipinski definition) is 8. The van der Waals surface area contributed by atoms with Gasteiger partial charge in [-0.3, -0.25) is 4.79 Å². The van der Waals surface area contributed by atoms with Crippen molar-refractivity contribution < 1.29 is 36.2 Å². The third-order valence-electron chi connectivity index (χ3n) is 7.52. The molecule has 0 radical (unpaired) electrons. The number of rotatable bonds is 9. The molecular weight excluding hydrogens is 560 g/mol. The van der Waals surface area contributed by atoms with E-state index in [2.05, 4.69) is 10.6 Å². The van der Waals surface area contributed by atoms with Crippen molar-refractivity contribution in [2.45, 2.75) is 32.7 Å². The summed E-state index contributed by atoms with van der Waals surface area (Å²) in [5.74, 6) is 0.292. The van der Waals surface area contributed by atoms with Crippen LogP contribution in [-0.2, 0) is 16.0 Å². The Hall–Kier alpha value is -5.31. The molecule has 9 nitrogen and oxygen atoms in total. The van der Waals surface area contributed by atoms with Gasteiger partial charge >= 0.3 is 11.9 Å². The minimum Gasteiger partial charge on any atom is -0.497 e. The van der Waals surface area contributed by atoms with Gasteiger partial charge in [-0.05, 0) is 86.0 Å². The number of anilines is 2. The van der Waals surface area contributed by atoms with Gasteiger partial charge in [0.25, 0.3) is 0 Å². The highest BCUT2D eigenvalue weighted by molar-refractivity contribution is 6.07. The van der Waals surface area contributed by atoms with Gasteiger partial charge in [0.15, 0.2) is 0 Å². The summed E-state index contributed by atoms with van der Waals surface area (Å²) in [6, 6.07) is 22.8. The molecule has 0 aliphatic carbocycles. The van der Waals surface area contributed by atoms with E-state index in [-0.39, 0.29) is 15.4 Å². The van der Waals surface area contributed by atoms with E-state index in [1.54, 1.807) is 75.6 Å². The van der Waals surface area contributed by atoms with Gasteiger partial charge in [0.1, 0.15) is 22.8 Å². The molecule has 0 fully saturated rings. The molecule has 0 saturated carbocycles. The number of amides is 1. The summed E-state index contributed by atoms with van der Waals surface area (Å²) in [6.45, 7) is 5.51. The van der Waals surface area contributed by atoms with Crippen LogP contribution in [0.25, 0.3) is 11.1 Å². The number of carbonyl (C=O) groups excluding carboxylic acids is 3. The lowest BCUT2D eigenvalue weighted by Gasteiger charge is -2.34. The van der Waals surface area contributed by atoms with E-state index in [1.165, 1.54) is 7.11 Å². The molecule has 0 aromatic heterocycles. The third kappa shape index (κ3) is 6.22. The summed E-state index contributed by atoms with van der Waals surface area (Å²) in [5.41, 5.74) is 4.45. The van der Waals surface area contributed by atoms with Crippen LogP contribution in [0.1, 0.15) is 48.5 Å². The molecule has 5 rings (SSSR count). The Bertz CT molecular complexity index is 1740. The smallest absolute Gasteiger partial charge is 0.343 e. The Morgan fingerprint density at radius 1 is 0.841 bits per heavy atom. The molecule has 230 valence electrons. The van der Waals surface area contributed by atoms with Crippen molar-refractivity contribution in [1.29, 1.82) is 0 Å². The first-order valence-electron chi connectivity index (χ1n) is 14.1. The van der Waals surface area contributed by atoms with E-state index in [0.29, 0.717) is 46.0 Å². The number of esters is 2. The lowest BCUT2D eigenvalue weighted by Crippen LogP contribution is -2.47. The molecule has 1 aliphatic heterocycles. The number of fused-ring (bicyclic) bond motifs is 1. The average molecular weight is 599 g/mol. The minimum atomic E-state index is -0.813. The van der Waals surface area contributed by atoms with Crippen LogP contribution in [0.15, 0.2) is 78.9 Å². The molecule has 44 heavy (non-hydrogen) atoms. The Kier molecular flexibility index (Phi) is 8.57. The van der Waals surface area contributed by atoms with E-state index in [4.69, 9.17) is 18.9 Å². The fourth-order valence-electron chi connectivity index (χ4n) is 5.05. The zero-order valence-corrected chi connectivity index (χ0v) is 25.3. The van der Waals surface area contributed by atoms with Crippen LogP contribution < -0.4 is 24.8 Å². The lowest BCUT2D eigenvalue weighted by atomic mass is 9.91. The van der Waals surface area contributed by atoms with Crippen molar-refractivity contribution in [2.24, 2.45) is 0 Å². The van der Waals surface area contributed by atoms with Crippen LogP contribution in [0.2, 0.25) is 0 Å². The number of methoxy groups -OCH3 is 2. The number of aryl methyl sites for hydroxylation is 1. The van der Waals surface area contributed by atoms with Gasteiger partial charge in [0.2, 0.25) is 5.91 Å². The second-order valence-corrected chi connectivity index (χ2v) is 10.9. The van der Waals surface area contributed by atoms with Gasteiger partial charge in [-0.1, -0.05) is 24.3 Å². The molecule has 0 saturated heterocycles. The maximum Gasteiger partial charge on any atom is 0.343 e. The van der Waals surface area contributed by atoms with Crippen LogP contribution >= 0.6 is 0 Å². The quantitative estimate of drug-likeness (QED) is 0.158. The van der Waals surface area contributed by atoms with Gasteiger partial charge in [-0.25, -0.2) is 9.59 Å². The van der Waals surface area contributed by atoms with Crippen LogP contribution in [0, 0.1) is 6.92 Å². The second-order valence-electron chi connectivity index (χ2n) is 10.9. The van der Waals surface area contributed by atoms with Crippen LogP contribution in [0.4, 0.5) is 11.4 Å². The average Bonchev–Trinajstić information content (AvgIpc) is 3.02. The first kappa shape index (κ1) is 30.2. The Labute approximate surface area is 259 Å². The standard InChI is InChI=1S/C35H34N2O7.2H2/c1-21-8-6-7-9-25(21)33(39)44-24-14-15-27(30(20-24)42-5)26-16-17-29-31(36-34(40)35(2,3)37-29)28(26)18-19-43-32(38)22-10-12-23(41-4)13-11-22;;/h6-17,20,37H,18-19H2,1-5H3,(H,36,40);2*1H. The van der Waals surface area contributed by atoms with E-state index in [1.807, 2.05) is 31.2 Å². The summed E-state index contributed by atoms with van der Waals surface area (Å²) in [6.07, 6.45) is 0.302. The van der Waals surface area contributed by atoms with Gasteiger partial charge in [0.05, 0.1) is 43.3 Å². The minimum absolute atomic E-state index is 0. The first-order valence-corrected chi connectivity index (χ1v) is 14.1. The molecule has 0 spiro atoms. The normalized spacial score (nSPS) is 13.2. The molecule has 1 heterocycles. The molecule has 0 bridgehead atoms.